The van der Waals surface area contributed by atoms with Crippen LogP contribution in [-0.4, -0.2) is 31.6 Å². The maximum Gasteiger partial charge on any atom is 0.673 e. The first kappa shape index (κ1) is 25.8. The monoisotopic (exact) mass is 479 g/mol. The first-order valence-corrected chi connectivity index (χ1v) is 11.0. The molecule has 0 aromatic heterocycles. The summed E-state index contributed by atoms with van der Waals surface area (Å²) in [6, 6.07) is 20.7. The number of allylic oxidation sites excluding steroid dienone is 10. The highest BCUT2D eigenvalue weighted by Crippen LogP contribution is 2.32. The third kappa shape index (κ3) is 8.14. The number of hydrogen-bond acceptors (Lipinski definition) is 1. The molecule has 2 aromatic rings. The molecule has 0 N–H and O–H groups in total. The quantitative estimate of drug-likeness (QED) is 0.253. The Morgan fingerprint density at radius 3 is 1.80 bits per heavy atom. The van der Waals surface area contributed by atoms with E-state index in [0.717, 1.165) is 28.2 Å². The van der Waals surface area contributed by atoms with Crippen LogP contribution >= 0.6 is 0 Å². The summed E-state index contributed by atoms with van der Waals surface area (Å²) in [6.07, 6.45) is 14.9. The van der Waals surface area contributed by atoms with Crippen LogP contribution in [0.5, 0.6) is 0 Å². The molecule has 4 rings (SSSR count). The molecule has 0 saturated carbocycles. The molecule has 1 heterocycles. The van der Waals surface area contributed by atoms with E-state index >= 15 is 0 Å². The van der Waals surface area contributed by atoms with Crippen LogP contribution in [0, 0.1) is 0 Å². The molecule has 0 atom stereocenters. The SMILES string of the molecule is CC(C=C1C=C(c2ccccc2)C=C(c2ccccc2)O1)=C1C=CC(=[N+](C)C)C=C1.F[B-](F)(F)F. The Labute approximate surface area is 203 Å². The predicted octanol–water partition coefficient (Wildman–Crippen LogP) is 7.48. The first-order valence-electron chi connectivity index (χ1n) is 11.0. The Morgan fingerprint density at radius 2 is 1.29 bits per heavy atom. The summed E-state index contributed by atoms with van der Waals surface area (Å²) in [5.74, 6) is 1.70. The molecule has 1 aliphatic carbocycles. The van der Waals surface area contributed by atoms with Gasteiger partial charge in [-0.1, -0.05) is 60.7 Å². The normalized spacial score (nSPS) is 16.1. The third-order valence-electron chi connectivity index (χ3n) is 5.18. The van der Waals surface area contributed by atoms with Crippen molar-refractivity contribution >= 4 is 24.3 Å². The van der Waals surface area contributed by atoms with Crippen LogP contribution in [0.15, 0.2) is 120 Å². The molecule has 0 spiro atoms. The van der Waals surface area contributed by atoms with Crippen molar-refractivity contribution < 1.29 is 26.6 Å². The fourth-order valence-electron chi connectivity index (χ4n) is 3.45. The molecule has 2 aromatic carbocycles. The van der Waals surface area contributed by atoms with E-state index in [9.17, 15) is 17.3 Å². The average molecular weight is 479 g/mol. The lowest BCUT2D eigenvalue weighted by Crippen LogP contribution is -2.09. The van der Waals surface area contributed by atoms with Crippen LogP contribution in [0.3, 0.4) is 0 Å². The van der Waals surface area contributed by atoms with Crippen molar-refractivity contribution in [1.82, 2.24) is 0 Å². The summed E-state index contributed by atoms with van der Waals surface area (Å²) in [5, 5.41) is 0. The second-order valence-corrected chi connectivity index (χ2v) is 8.11. The standard InChI is InChI=1S/C28H26NO.BF4/c1-21(22-14-16-26(17-15-22)29(2)3)18-27-19-25(23-10-6-4-7-11-23)20-28(30-27)24-12-8-5-9-13-24;2-1(3,4)5/h4-20H,1-3H3;/q+1;-1. The zero-order valence-electron chi connectivity index (χ0n) is 19.8. The third-order valence-corrected chi connectivity index (χ3v) is 5.18. The molecule has 1 aliphatic heterocycles. The van der Waals surface area contributed by atoms with Crippen LogP contribution in [0.2, 0.25) is 0 Å². The van der Waals surface area contributed by atoms with Crippen molar-refractivity contribution in [3.63, 3.8) is 0 Å². The van der Waals surface area contributed by atoms with Gasteiger partial charge in [-0.05, 0) is 59.6 Å². The van der Waals surface area contributed by atoms with E-state index in [1.807, 2.05) is 24.3 Å². The fraction of sp³-hybridized carbons (Fsp3) is 0.107. The smallest absolute Gasteiger partial charge is 0.457 e. The second kappa shape index (κ2) is 11.5. The van der Waals surface area contributed by atoms with Crippen LogP contribution in [0.1, 0.15) is 18.1 Å². The number of ether oxygens (including phenoxy) is 1. The Hall–Kier alpha value is -3.87. The highest BCUT2D eigenvalue weighted by molar-refractivity contribution is 6.50. The summed E-state index contributed by atoms with van der Waals surface area (Å²) in [4.78, 5) is 0. The molecule has 2 nitrogen and oxygen atoms in total. The topological polar surface area (TPSA) is 12.2 Å². The number of hydrogen-bond donors (Lipinski definition) is 0. The van der Waals surface area contributed by atoms with Crippen molar-refractivity contribution in [2.24, 2.45) is 0 Å². The van der Waals surface area contributed by atoms with E-state index in [2.05, 4.69) is 105 Å². The van der Waals surface area contributed by atoms with Gasteiger partial charge in [0.05, 0.1) is 0 Å². The van der Waals surface area contributed by atoms with Gasteiger partial charge in [-0.25, -0.2) is 4.58 Å². The van der Waals surface area contributed by atoms with E-state index in [-0.39, 0.29) is 0 Å². The van der Waals surface area contributed by atoms with Gasteiger partial charge >= 0.3 is 7.25 Å². The summed E-state index contributed by atoms with van der Waals surface area (Å²) >= 11 is 0. The lowest BCUT2D eigenvalue weighted by Gasteiger charge is -2.19. The number of rotatable bonds is 3. The highest BCUT2D eigenvalue weighted by atomic mass is 19.5. The van der Waals surface area contributed by atoms with Crippen LogP contribution in [-0.2, 0) is 4.74 Å². The molecule has 0 unspecified atom stereocenters. The minimum absolute atomic E-state index is 0.837. The van der Waals surface area contributed by atoms with Crippen molar-refractivity contribution in [2.45, 2.75) is 6.92 Å². The minimum Gasteiger partial charge on any atom is -0.457 e. The van der Waals surface area contributed by atoms with E-state index in [4.69, 9.17) is 4.74 Å². The van der Waals surface area contributed by atoms with Crippen molar-refractivity contribution in [1.29, 1.82) is 0 Å². The molecular formula is C28H26BF4NO. The van der Waals surface area contributed by atoms with E-state index in [1.165, 1.54) is 16.8 Å². The van der Waals surface area contributed by atoms with E-state index in [0.29, 0.717) is 0 Å². The summed E-state index contributed by atoms with van der Waals surface area (Å²) < 4.78 is 47.4. The minimum atomic E-state index is -6.00. The maximum absolute atomic E-state index is 9.75. The molecule has 0 fully saturated rings. The first-order chi connectivity index (χ1) is 16.6. The van der Waals surface area contributed by atoms with Gasteiger partial charge in [-0.2, -0.15) is 0 Å². The van der Waals surface area contributed by atoms with Gasteiger partial charge in [-0.3, -0.25) is 0 Å². The van der Waals surface area contributed by atoms with Crippen LogP contribution in [0.25, 0.3) is 11.3 Å². The van der Waals surface area contributed by atoms with Gasteiger partial charge in [0.1, 0.15) is 25.6 Å². The summed E-state index contributed by atoms with van der Waals surface area (Å²) in [5.41, 5.74) is 6.91. The molecule has 7 heteroatoms. The molecule has 0 bridgehead atoms. The largest absolute Gasteiger partial charge is 0.673 e. The Kier molecular flexibility index (Phi) is 8.47. The molecule has 0 radical (unpaired) electrons. The lowest BCUT2D eigenvalue weighted by molar-refractivity contribution is -0.462. The zero-order valence-corrected chi connectivity index (χ0v) is 19.8. The van der Waals surface area contributed by atoms with Crippen molar-refractivity contribution in [3.8, 4) is 0 Å². The van der Waals surface area contributed by atoms with Gasteiger partial charge in [0, 0.05) is 17.7 Å². The maximum atomic E-state index is 9.75. The Bertz CT molecular complexity index is 1240. The highest BCUT2D eigenvalue weighted by Gasteiger charge is 2.20. The van der Waals surface area contributed by atoms with E-state index in [1.54, 1.807) is 0 Å². The second-order valence-electron chi connectivity index (χ2n) is 8.11. The number of halogens is 4. The molecule has 35 heavy (non-hydrogen) atoms. The van der Waals surface area contributed by atoms with Gasteiger partial charge < -0.3 is 22.0 Å². The molecule has 0 amide bonds. The van der Waals surface area contributed by atoms with E-state index < -0.39 is 7.25 Å². The van der Waals surface area contributed by atoms with Gasteiger partial charge in [0.2, 0.25) is 0 Å². The fourth-order valence-corrected chi connectivity index (χ4v) is 3.45. The van der Waals surface area contributed by atoms with Crippen LogP contribution < -0.4 is 0 Å². The molecular weight excluding hydrogens is 453 g/mol. The number of nitrogens with zero attached hydrogens (tertiary/aromatic N) is 1. The molecule has 180 valence electrons. The molecule has 2 aliphatic rings. The van der Waals surface area contributed by atoms with Crippen LogP contribution in [0.4, 0.5) is 17.3 Å². The summed E-state index contributed by atoms with van der Waals surface area (Å²) in [7, 11) is -1.90. The lowest BCUT2D eigenvalue weighted by atomic mass is 9.99. The van der Waals surface area contributed by atoms with Gasteiger partial charge in [-0.15, -0.1) is 0 Å². The predicted molar refractivity (Wildman–Crippen MR) is 136 cm³/mol. The molecule has 0 saturated heterocycles. The van der Waals surface area contributed by atoms with Crippen molar-refractivity contribution in [3.05, 3.63) is 131 Å². The Balaban J connectivity index is 0.000000623. The zero-order chi connectivity index (χ0) is 25.4. The van der Waals surface area contributed by atoms with Gasteiger partial charge in [0.15, 0.2) is 5.71 Å². The van der Waals surface area contributed by atoms with Gasteiger partial charge in [0.25, 0.3) is 0 Å². The number of benzene rings is 2. The summed E-state index contributed by atoms with van der Waals surface area (Å²) in [6.45, 7) is 2.12. The average Bonchev–Trinajstić information content (AvgIpc) is 2.84. The van der Waals surface area contributed by atoms with Crippen molar-refractivity contribution in [2.75, 3.05) is 14.1 Å². The Morgan fingerprint density at radius 1 is 0.771 bits per heavy atom.